The minimum Gasteiger partial charge on any atom is -0.494 e. The quantitative estimate of drug-likeness (QED) is 0.590. The monoisotopic (exact) mass is 442 g/mol. The molecule has 0 aliphatic rings. The normalized spacial score (nSPS) is 11.1. The van der Waals surface area contributed by atoms with Gasteiger partial charge in [-0.2, -0.15) is 13.2 Å². The van der Waals surface area contributed by atoms with E-state index in [1.54, 1.807) is 0 Å². The van der Waals surface area contributed by atoms with E-state index in [4.69, 9.17) is 16.3 Å². The summed E-state index contributed by atoms with van der Waals surface area (Å²) >= 11 is 5.55. The highest BCUT2D eigenvalue weighted by Gasteiger charge is 2.33. The fraction of sp³-hybridized carbons (Fsp3) is 0.333. The molecule has 2 rings (SSSR count). The second-order valence-corrected chi connectivity index (χ2v) is 7.17. The molecule has 0 saturated heterocycles. The predicted molar refractivity (Wildman–Crippen MR) is 109 cm³/mol. The van der Waals surface area contributed by atoms with Crippen molar-refractivity contribution >= 4 is 29.1 Å². The van der Waals surface area contributed by atoms with Gasteiger partial charge in [-0.15, -0.1) is 0 Å². The number of nitrogens with zero attached hydrogens (tertiary/aromatic N) is 1. The molecule has 0 radical (unpaired) electrons. The molecule has 9 heteroatoms. The molecule has 0 aliphatic heterocycles. The minimum absolute atomic E-state index is 0.0517. The van der Waals surface area contributed by atoms with Gasteiger partial charge in [0.25, 0.3) is 0 Å². The molecule has 162 valence electrons. The number of benzene rings is 2. The van der Waals surface area contributed by atoms with E-state index >= 15 is 0 Å². The standard InChI is InChI=1S/C21H22ClF3N2O3/c1-14-5-3-6-16(11-14)30-10-4-7-20(29)27(2)13-19(28)26-15-8-9-18(22)17(12-15)21(23,24)25/h3,5-6,8-9,11-12H,4,7,10,13H2,1-2H3,(H,26,28). The second-order valence-electron chi connectivity index (χ2n) is 6.76. The predicted octanol–water partition coefficient (Wildman–Crippen LogP) is 4.92. The van der Waals surface area contributed by atoms with Crippen molar-refractivity contribution in [1.82, 2.24) is 4.90 Å². The van der Waals surface area contributed by atoms with Crippen molar-refractivity contribution in [2.45, 2.75) is 25.9 Å². The summed E-state index contributed by atoms with van der Waals surface area (Å²) in [6.45, 7) is 2.01. The molecule has 0 aliphatic carbocycles. The summed E-state index contributed by atoms with van der Waals surface area (Å²) in [6, 6.07) is 10.6. The number of amides is 2. The second kappa shape index (κ2) is 10.3. The van der Waals surface area contributed by atoms with Gasteiger partial charge in [0.05, 0.1) is 23.7 Å². The Balaban J connectivity index is 1.79. The summed E-state index contributed by atoms with van der Waals surface area (Å²) in [5, 5.41) is 1.89. The maximum absolute atomic E-state index is 12.9. The first-order valence-electron chi connectivity index (χ1n) is 9.16. The number of alkyl halides is 3. The smallest absolute Gasteiger partial charge is 0.417 e. The summed E-state index contributed by atoms with van der Waals surface area (Å²) in [6.07, 6.45) is -4.00. The van der Waals surface area contributed by atoms with Crippen molar-refractivity contribution in [2.24, 2.45) is 0 Å². The Morgan fingerprint density at radius 3 is 2.57 bits per heavy atom. The van der Waals surface area contributed by atoms with E-state index in [0.717, 1.165) is 23.4 Å². The first-order valence-corrected chi connectivity index (χ1v) is 9.54. The molecule has 0 bridgehead atoms. The number of hydrogen-bond acceptors (Lipinski definition) is 3. The van der Waals surface area contributed by atoms with Crippen molar-refractivity contribution in [3.05, 3.63) is 58.6 Å². The largest absolute Gasteiger partial charge is 0.494 e. The zero-order valence-electron chi connectivity index (χ0n) is 16.6. The van der Waals surface area contributed by atoms with Crippen LogP contribution in [-0.4, -0.2) is 36.9 Å². The zero-order valence-corrected chi connectivity index (χ0v) is 17.3. The SMILES string of the molecule is Cc1cccc(OCCCC(=O)N(C)CC(=O)Nc2ccc(Cl)c(C(F)(F)F)c2)c1. The third-order valence-electron chi connectivity index (χ3n) is 4.16. The van der Waals surface area contributed by atoms with Crippen LogP contribution in [0.1, 0.15) is 24.0 Å². The molecule has 0 fully saturated rings. The Morgan fingerprint density at radius 1 is 1.17 bits per heavy atom. The van der Waals surface area contributed by atoms with Crippen LogP contribution in [-0.2, 0) is 15.8 Å². The topological polar surface area (TPSA) is 58.6 Å². The van der Waals surface area contributed by atoms with Crippen LogP contribution in [0, 0.1) is 6.92 Å². The Kier molecular flexibility index (Phi) is 8.11. The summed E-state index contributed by atoms with van der Waals surface area (Å²) in [7, 11) is 1.45. The van der Waals surface area contributed by atoms with Crippen LogP contribution in [0.25, 0.3) is 0 Å². The third-order valence-corrected chi connectivity index (χ3v) is 4.48. The summed E-state index contributed by atoms with van der Waals surface area (Å²) in [4.78, 5) is 25.4. The molecule has 0 unspecified atom stereocenters. The summed E-state index contributed by atoms with van der Waals surface area (Å²) in [5.41, 5.74) is -0.0264. The van der Waals surface area contributed by atoms with Gasteiger partial charge in [-0.05, 0) is 49.2 Å². The lowest BCUT2D eigenvalue weighted by molar-refractivity contribution is -0.137. The summed E-state index contributed by atoms with van der Waals surface area (Å²) in [5.74, 6) is -0.168. The van der Waals surface area contributed by atoms with Gasteiger partial charge in [0.2, 0.25) is 11.8 Å². The van der Waals surface area contributed by atoms with Gasteiger partial charge in [-0.1, -0.05) is 23.7 Å². The first kappa shape index (κ1) is 23.5. The van der Waals surface area contributed by atoms with Gasteiger partial charge < -0.3 is 15.0 Å². The van der Waals surface area contributed by atoms with Crippen molar-refractivity contribution in [2.75, 3.05) is 25.5 Å². The molecule has 0 saturated carbocycles. The molecule has 2 aromatic carbocycles. The van der Waals surface area contributed by atoms with Crippen LogP contribution in [0.2, 0.25) is 5.02 Å². The Bertz CT molecular complexity index is 903. The highest BCUT2D eigenvalue weighted by atomic mass is 35.5. The highest BCUT2D eigenvalue weighted by molar-refractivity contribution is 6.31. The lowest BCUT2D eigenvalue weighted by atomic mass is 10.2. The molecule has 0 heterocycles. The third kappa shape index (κ3) is 7.26. The number of hydrogen-bond donors (Lipinski definition) is 1. The number of carbonyl (C=O) groups is 2. The molecule has 0 aromatic heterocycles. The lowest BCUT2D eigenvalue weighted by Crippen LogP contribution is -2.35. The number of halogens is 4. The van der Waals surface area contributed by atoms with Crippen molar-refractivity contribution < 1.29 is 27.5 Å². The van der Waals surface area contributed by atoms with Crippen LogP contribution in [0.3, 0.4) is 0 Å². The summed E-state index contributed by atoms with van der Waals surface area (Å²) < 4.78 is 44.3. The molecule has 2 amide bonds. The Labute approximate surface area is 177 Å². The molecule has 1 N–H and O–H groups in total. The molecular weight excluding hydrogens is 421 g/mol. The average Bonchev–Trinajstić information content (AvgIpc) is 2.65. The van der Waals surface area contributed by atoms with Crippen LogP contribution in [0.4, 0.5) is 18.9 Å². The van der Waals surface area contributed by atoms with E-state index in [0.29, 0.717) is 13.0 Å². The van der Waals surface area contributed by atoms with Gasteiger partial charge in [0.15, 0.2) is 0 Å². The molecule has 30 heavy (non-hydrogen) atoms. The maximum atomic E-state index is 12.9. The fourth-order valence-electron chi connectivity index (χ4n) is 2.63. The van der Waals surface area contributed by atoms with Gasteiger partial charge in [-0.3, -0.25) is 9.59 Å². The van der Waals surface area contributed by atoms with Gasteiger partial charge >= 0.3 is 6.18 Å². The molecule has 0 spiro atoms. The molecule has 2 aromatic rings. The van der Waals surface area contributed by atoms with Crippen molar-refractivity contribution in [3.8, 4) is 5.75 Å². The van der Waals surface area contributed by atoms with Crippen LogP contribution in [0.5, 0.6) is 5.75 Å². The number of likely N-dealkylation sites (N-methyl/N-ethyl adjacent to an activating group) is 1. The average molecular weight is 443 g/mol. The maximum Gasteiger partial charge on any atom is 0.417 e. The van der Waals surface area contributed by atoms with E-state index in [1.807, 2.05) is 31.2 Å². The number of anilines is 1. The van der Waals surface area contributed by atoms with E-state index in [2.05, 4.69) is 5.32 Å². The minimum atomic E-state index is -4.63. The van der Waals surface area contributed by atoms with Gasteiger partial charge in [0, 0.05) is 19.2 Å². The molecule has 5 nitrogen and oxygen atoms in total. The fourth-order valence-corrected chi connectivity index (χ4v) is 2.86. The number of rotatable bonds is 8. The van der Waals surface area contributed by atoms with E-state index in [9.17, 15) is 22.8 Å². The highest BCUT2D eigenvalue weighted by Crippen LogP contribution is 2.36. The first-order chi connectivity index (χ1) is 14.1. The van der Waals surface area contributed by atoms with Gasteiger partial charge in [0.1, 0.15) is 5.75 Å². The Hall–Kier alpha value is -2.74. The number of nitrogens with one attached hydrogen (secondary N) is 1. The van der Waals surface area contributed by atoms with Crippen LogP contribution >= 0.6 is 11.6 Å². The van der Waals surface area contributed by atoms with Gasteiger partial charge in [-0.25, -0.2) is 0 Å². The Morgan fingerprint density at radius 2 is 1.90 bits per heavy atom. The zero-order chi connectivity index (χ0) is 22.3. The van der Waals surface area contributed by atoms with Crippen LogP contribution in [0.15, 0.2) is 42.5 Å². The van der Waals surface area contributed by atoms with E-state index in [1.165, 1.54) is 18.0 Å². The van der Waals surface area contributed by atoms with Crippen LogP contribution < -0.4 is 10.1 Å². The lowest BCUT2D eigenvalue weighted by Gasteiger charge is -2.17. The molecular formula is C21H22ClF3N2O3. The van der Waals surface area contributed by atoms with E-state index < -0.39 is 22.7 Å². The van der Waals surface area contributed by atoms with Crippen molar-refractivity contribution in [1.29, 1.82) is 0 Å². The van der Waals surface area contributed by atoms with Crippen molar-refractivity contribution in [3.63, 3.8) is 0 Å². The number of carbonyl (C=O) groups excluding carboxylic acids is 2. The number of ether oxygens (including phenoxy) is 1. The van der Waals surface area contributed by atoms with E-state index in [-0.39, 0.29) is 24.6 Å². The number of aryl methyl sites for hydroxylation is 1. The molecule has 0 atom stereocenters.